The Hall–Kier alpha value is -3.98. The van der Waals surface area contributed by atoms with E-state index in [1.54, 1.807) is 32.0 Å². The molecule has 4 rings (SSSR count). The van der Waals surface area contributed by atoms with E-state index in [-0.39, 0.29) is 42.3 Å². The van der Waals surface area contributed by atoms with Crippen LogP contribution in [0.15, 0.2) is 42.7 Å². The molecule has 0 spiro atoms. The molecule has 0 bridgehead atoms. The monoisotopic (exact) mass is 503 g/mol. The van der Waals surface area contributed by atoms with Gasteiger partial charge in [-0.25, -0.2) is 14.4 Å². The fourth-order valence-corrected chi connectivity index (χ4v) is 5.00. The Kier molecular flexibility index (Phi) is 7.73. The van der Waals surface area contributed by atoms with E-state index in [9.17, 15) is 18.8 Å². The van der Waals surface area contributed by atoms with Crippen molar-refractivity contribution < 1.29 is 18.8 Å². The van der Waals surface area contributed by atoms with Crippen LogP contribution in [0.5, 0.6) is 0 Å². The van der Waals surface area contributed by atoms with Gasteiger partial charge in [0.15, 0.2) is 5.78 Å². The molecule has 37 heavy (non-hydrogen) atoms. The quantitative estimate of drug-likeness (QED) is 0.433. The molecule has 1 heterocycles. The number of rotatable bonds is 9. The molecule has 1 atom stereocenters. The molecule has 9 heteroatoms. The number of aromatic nitrogens is 2. The summed E-state index contributed by atoms with van der Waals surface area (Å²) in [5.41, 5.74) is 11.5. The molecule has 0 aliphatic heterocycles. The second-order valence-electron chi connectivity index (χ2n) is 9.45. The number of carbonyl (C=O) groups is 3. The number of halogens is 1. The Morgan fingerprint density at radius 2 is 1.92 bits per heavy atom. The lowest BCUT2D eigenvalue weighted by Crippen LogP contribution is -2.36. The van der Waals surface area contributed by atoms with Gasteiger partial charge < -0.3 is 11.1 Å². The van der Waals surface area contributed by atoms with Gasteiger partial charge in [-0.05, 0) is 73.6 Å². The Balaban J connectivity index is 1.51. The van der Waals surface area contributed by atoms with E-state index in [1.807, 2.05) is 24.0 Å². The molecule has 2 amide bonds. The minimum absolute atomic E-state index is 0.0209. The molecular formula is C28H30FN5O3. The summed E-state index contributed by atoms with van der Waals surface area (Å²) in [7, 11) is 0. The first-order chi connectivity index (χ1) is 17.6. The molecule has 0 saturated carbocycles. The molecule has 192 valence electrons. The van der Waals surface area contributed by atoms with Gasteiger partial charge in [0.1, 0.15) is 17.8 Å². The maximum Gasteiger partial charge on any atom is 0.270 e. The van der Waals surface area contributed by atoms with Crippen LogP contribution < -0.4 is 11.1 Å². The summed E-state index contributed by atoms with van der Waals surface area (Å²) >= 11 is 0. The first-order valence-corrected chi connectivity index (χ1v) is 12.1. The van der Waals surface area contributed by atoms with Crippen LogP contribution in [0, 0.1) is 19.7 Å². The van der Waals surface area contributed by atoms with E-state index in [1.165, 1.54) is 12.4 Å². The second-order valence-corrected chi connectivity index (χ2v) is 9.45. The number of hydrogen-bond acceptors (Lipinski definition) is 6. The molecule has 8 nitrogen and oxygen atoms in total. The van der Waals surface area contributed by atoms with E-state index in [0.717, 1.165) is 35.1 Å². The van der Waals surface area contributed by atoms with Crippen LogP contribution in [-0.2, 0) is 24.3 Å². The maximum absolute atomic E-state index is 13.5. The molecule has 3 aromatic rings. The third kappa shape index (κ3) is 5.89. The molecule has 1 aromatic heterocycles. The number of nitrogens with two attached hydrogens (primary N) is 1. The maximum atomic E-state index is 13.5. The van der Waals surface area contributed by atoms with E-state index in [4.69, 9.17) is 5.73 Å². The summed E-state index contributed by atoms with van der Waals surface area (Å²) in [5.74, 6) is -1.12. The number of fused-ring (bicyclic) bond motifs is 1. The van der Waals surface area contributed by atoms with Crippen molar-refractivity contribution in [1.29, 1.82) is 0 Å². The van der Waals surface area contributed by atoms with Crippen LogP contribution in [-0.4, -0.2) is 39.0 Å². The van der Waals surface area contributed by atoms with Crippen molar-refractivity contribution >= 4 is 17.6 Å². The zero-order valence-electron chi connectivity index (χ0n) is 21.2. The summed E-state index contributed by atoms with van der Waals surface area (Å²) in [4.78, 5) is 47.0. The molecule has 0 saturated heterocycles. The molecule has 3 N–H and O–H groups in total. The van der Waals surface area contributed by atoms with Crippen molar-refractivity contribution in [2.24, 2.45) is 5.73 Å². The van der Waals surface area contributed by atoms with Gasteiger partial charge in [-0.15, -0.1) is 0 Å². The number of ketones is 1. The van der Waals surface area contributed by atoms with Crippen LogP contribution in [0.4, 0.5) is 4.39 Å². The minimum Gasteiger partial charge on any atom is -0.369 e. The van der Waals surface area contributed by atoms with E-state index >= 15 is 0 Å². The second kappa shape index (κ2) is 11.0. The van der Waals surface area contributed by atoms with Gasteiger partial charge in [-0.1, -0.05) is 24.3 Å². The SMILES string of the molecule is CC(=O)c1ccc2c(c1C)CCC2N(CC(N)=O)Cc1cc(C(=O)NCc2ccc(F)c(C)c2)ncn1. The Morgan fingerprint density at radius 1 is 1.14 bits per heavy atom. The molecule has 1 aliphatic carbocycles. The average Bonchev–Trinajstić information content (AvgIpc) is 3.29. The fourth-order valence-electron chi connectivity index (χ4n) is 5.00. The number of nitrogens with zero attached hydrogens (tertiary/aromatic N) is 3. The number of benzene rings is 2. The van der Waals surface area contributed by atoms with E-state index in [0.29, 0.717) is 23.4 Å². The van der Waals surface area contributed by atoms with E-state index in [2.05, 4.69) is 15.3 Å². The summed E-state index contributed by atoms with van der Waals surface area (Å²) in [6.45, 7) is 5.73. The van der Waals surface area contributed by atoms with Gasteiger partial charge in [0.05, 0.1) is 12.2 Å². The highest BCUT2D eigenvalue weighted by molar-refractivity contribution is 5.96. The zero-order valence-corrected chi connectivity index (χ0v) is 21.2. The predicted molar refractivity (Wildman–Crippen MR) is 136 cm³/mol. The number of nitrogens with one attached hydrogen (secondary N) is 1. The average molecular weight is 504 g/mol. The third-order valence-corrected chi connectivity index (χ3v) is 6.84. The van der Waals surface area contributed by atoms with Gasteiger partial charge >= 0.3 is 0 Å². The van der Waals surface area contributed by atoms with Gasteiger partial charge in [-0.3, -0.25) is 19.3 Å². The van der Waals surface area contributed by atoms with Crippen LogP contribution in [0.3, 0.4) is 0 Å². The standard InChI is InChI=1S/C28H30FN5O3/c1-16-10-19(4-8-24(16)29)12-31-28(37)25-11-20(32-15-33-25)13-34(14-27(30)36)26-9-7-22-17(2)21(18(3)35)5-6-23(22)26/h4-6,8,10-11,15,26H,7,9,12-14H2,1-3H3,(H2,30,36)(H,31,37). The summed E-state index contributed by atoms with van der Waals surface area (Å²) in [6, 6.07) is 10.00. The smallest absolute Gasteiger partial charge is 0.270 e. The fraction of sp³-hybridized carbons (Fsp3) is 0.321. The highest BCUT2D eigenvalue weighted by Gasteiger charge is 2.31. The summed E-state index contributed by atoms with van der Waals surface area (Å²) < 4.78 is 13.5. The predicted octanol–water partition coefficient (Wildman–Crippen LogP) is 3.34. The molecule has 0 radical (unpaired) electrons. The summed E-state index contributed by atoms with van der Waals surface area (Å²) in [6.07, 6.45) is 2.89. The minimum atomic E-state index is -0.466. The number of Topliss-reactive ketones (excluding diaryl/α,β-unsaturated/α-hetero) is 1. The third-order valence-electron chi connectivity index (χ3n) is 6.84. The first kappa shape index (κ1) is 26.1. The molecule has 1 unspecified atom stereocenters. The van der Waals surface area contributed by atoms with Crippen molar-refractivity contribution in [2.75, 3.05) is 6.54 Å². The summed E-state index contributed by atoms with van der Waals surface area (Å²) in [5, 5.41) is 2.80. The van der Waals surface area contributed by atoms with Crippen molar-refractivity contribution in [1.82, 2.24) is 20.2 Å². The van der Waals surface area contributed by atoms with Crippen LogP contribution in [0.25, 0.3) is 0 Å². The lowest BCUT2D eigenvalue weighted by molar-refractivity contribution is -0.119. The molecule has 0 fully saturated rings. The largest absolute Gasteiger partial charge is 0.369 e. The topological polar surface area (TPSA) is 118 Å². The van der Waals surface area contributed by atoms with Gasteiger partial charge in [0.2, 0.25) is 5.91 Å². The lowest BCUT2D eigenvalue weighted by Gasteiger charge is -2.28. The number of hydrogen-bond donors (Lipinski definition) is 2. The van der Waals surface area contributed by atoms with Crippen LogP contribution in [0.2, 0.25) is 0 Å². The van der Waals surface area contributed by atoms with Crippen molar-refractivity contribution in [3.8, 4) is 0 Å². The number of aryl methyl sites for hydroxylation is 1. The number of amides is 2. The van der Waals surface area contributed by atoms with Crippen molar-refractivity contribution in [2.45, 2.75) is 52.7 Å². The Bertz CT molecular complexity index is 1370. The Labute approximate surface area is 215 Å². The normalized spacial score (nSPS) is 14.5. The first-order valence-electron chi connectivity index (χ1n) is 12.1. The van der Waals surface area contributed by atoms with Crippen LogP contribution >= 0.6 is 0 Å². The zero-order chi connectivity index (χ0) is 26.7. The molecule has 1 aliphatic rings. The molecule has 2 aromatic carbocycles. The van der Waals surface area contributed by atoms with Crippen molar-refractivity contribution in [3.05, 3.63) is 93.3 Å². The Morgan fingerprint density at radius 3 is 2.62 bits per heavy atom. The highest BCUT2D eigenvalue weighted by Crippen LogP contribution is 2.39. The van der Waals surface area contributed by atoms with E-state index < -0.39 is 5.91 Å². The number of primary amides is 1. The van der Waals surface area contributed by atoms with Gasteiger partial charge in [-0.2, -0.15) is 0 Å². The number of carbonyl (C=O) groups excluding carboxylic acids is 3. The highest BCUT2D eigenvalue weighted by atomic mass is 19.1. The van der Waals surface area contributed by atoms with Gasteiger partial charge in [0.25, 0.3) is 5.91 Å². The van der Waals surface area contributed by atoms with Crippen molar-refractivity contribution in [3.63, 3.8) is 0 Å². The van der Waals surface area contributed by atoms with Gasteiger partial charge in [0, 0.05) is 24.7 Å². The molecular weight excluding hydrogens is 473 g/mol. The lowest BCUT2D eigenvalue weighted by atomic mass is 9.95. The van der Waals surface area contributed by atoms with Crippen LogP contribution in [0.1, 0.15) is 73.7 Å².